The Kier molecular flexibility index (Phi) is 3.17. The molecule has 76 valence electrons. The van der Waals surface area contributed by atoms with Crippen LogP contribution in [0.5, 0.6) is 0 Å². The Morgan fingerprint density at radius 1 is 1.38 bits per heavy atom. The zero-order valence-corrected chi connectivity index (χ0v) is 7.16. The van der Waals surface area contributed by atoms with Gasteiger partial charge in [-0.1, -0.05) is 0 Å². The summed E-state index contributed by atoms with van der Waals surface area (Å²) in [5.41, 5.74) is 0. The molecule has 0 aliphatic heterocycles. The summed E-state index contributed by atoms with van der Waals surface area (Å²) in [6.45, 7) is 0. The fraction of sp³-hybridized carbons (Fsp3) is 0.875. The summed E-state index contributed by atoms with van der Waals surface area (Å²) >= 11 is 0. The number of rotatable bonds is 4. The second-order valence-electron chi connectivity index (χ2n) is 3.31. The number of amides is 1. The van der Waals surface area contributed by atoms with Crippen LogP contribution < -0.4 is 5.32 Å². The lowest BCUT2D eigenvalue weighted by molar-refractivity contribution is -0.137. The first-order chi connectivity index (χ1) is 5.97. The van der Waals surface area contributed by atoms with Crippen molar-refractivity contribution in [2.24, 2.45) is 0 Å². The van der Waals surface area contributed by atoms with Crippen molar-refractivity contribution in [3.8, 4) is 0 Å². The van der Waals surface area contributed by atoms with Crippen molar-refractivity contribution in [3.05, 3.63) is 0 Å². The maximum atomic E-state index is 11.6. The largest absolute Gasteiger partial charge is 0.389 e. The van der Waals surface area contributed by atoms with E-state index in [0.717, 1.165) is 12.8 Å². The van der Waals surface area contributed by atoms with E-state index >= 15 is 0 Å². The lowest BCUT2D eigenvalue weighted by Gasteiger charge is -2.05. The maximum absolute atomic E-state index is 11.6. The van der Waals surface area contributed by atoms with Gasteiger partial charge in [-0.25, -0.2) is 0 Å². The monoisotopic (exact) mass is 195 g/mol. The van der Waals surface area contributed by atoms with Crippen molar-refractivity contribution in [2.45, 2.75) is 44.3 Å². The van der Waals surface area contributed by atoms with E-state index in [1.807, 2.05) is 0 Å². The van der Waals surface area contributed by atoms with Crippen LogP contribution in [0.3, 0.4) is 0 Å². The molecule has 0 aromatic rings. The highest BCUT2D eigenvalue weighted by Gasteiger charge is 2.27. The van der Waals surface area contributed by atoms with Gasteiger partial charge in [0.2, 0.25) is 5.91 Å². The number of hydrogen-bond donors (Lipinski definition) is 1. The zero-order chi connectivity index (χ0) is 9.90. The first-order valence-electron chi connectivity index (χ1n) is 4.33. The van der Waals surface area contributed by atoms with Gasteiger partial charge in [0.1, 0.15) is 0 Å². The van der Waals surface area contributed by atoms with Gasteiger partial charge >= 0.3 is 6.18 Å². The highest BCUT2D eigenvalue weighted by atomic mass is 19.4. The molecule has 5 heteroatoms. The number of halogens is 3. The van der Waals surface area contributed by atoms with Crippen LogP contribution in [0, 0.1) is 0 Å². The molecule has 0 bridgehead atoms. The van der Waals surface area contributed by atoms with Crippen molar-refractivity contribution in [3.63, 3.8) is 0 Å². The van der Waals surface area contributed by atoms with E-state index in [0.29, 0.717) is 0 Å². The second-order valence-corrected chi connectivity index (χ2v) is 3.31. The van der Waals surface area contributed by atoms with E-state index in [1.54, 1.807) is 0 Å². The number of carbonyl (C=O) groups is 1. The average molecular weight is 195 g/mol. The number of alkyl halides is 3. The highest BCUT2D eigenvalue weighted by molar-refractivity contribution is 5.76. The van der Waals surface area contributed by atoms with Crippen LogP contribution >= 0.6 is 0 Å². The Hall–Kier alpha value is -0.740. The molecule has 1 N–H and O–H groups in total. The lowest BCUT2D eigenvalue weighted by Crippen LogP contribution is -2.25. The van der Waals surface area contributed by atoms with Crippen LogP contribution in [-0.2, 0) is 4.79 Å². The maximum Gasteiger partial charge on any atom is 0.389 e. The molecule has 0 atom stereocenters. The summed E-state index contributed by atoms with van der Waals surface area (Å²) in [5, 5.41) is 2.63. The molecule has 0 spiro atoms. The minimum absolute atomic E-state index is 0.0178. The van der Waals surface area contributed by atoms with E-state index in [1.165, 1.54) is 0 Å². The fourth-order valence-electron chi connectivity index (χ4n) is 0.977. The Morgan fingerprint density at radius 3 is 2.46 bits per heavy atom. The van der Waals surface area contributed by atoms with Gasteiger partial charge < -0.3 is 5.32 Å². The first kappa shape index (κ1) is 10.3. The Balaban J connectivity index is 2.01. The van der Waals surface area contributed by atoms with Crippen LogP contribution in [0.4, 0.5) is 13.2 Å². The first-order valence-corrected chi connectivity index (χ1v) is 4.33. The molecule has 0 heterocycles. The smallest absolute Gasteiger partial charge is 0.353 e. The predicted octanol–water partition coefficient (Wildman–Crippen LogP) is 2.00. The van der Waals surface area contributed by atoms with Crippen molar-refractivity contribution in [1.29, 1.82) is 0 Å². The molecule has 1 amide bonds. The highest BCUT2D eigenvalue weighted by Crippen LogP contribution is 2.23. The summed E-state index contributed by atoms with van der Waals surface area (Å²) < 4.78 is 34.9. The molecule has 0 aromatic carbocycles. The summed E-state index contributed by atoms with van der Waals surface area (Å²) in [5.74, 6) is -0.258. The van der Waals surface area contributed by atoms with Crippen molar-refractivity contribution in [1.82, 2.24) is 5.32 Å². The molecule has 1 aliphatic carbocycles. The molecule has 0 radical (unpaired) electrons. The van der Waals surface area contributed by atoms with Gasteiger partial charge in [0.25, 0.3) is 0 Å². The molecule has 0 unspecified atom stereocenters. The molecule has 0 saturated heterocycles. The van der Waals surface area contributed by atoms with Crippen molar-refractivity contribution in [2.75, 3.05) is 0 Å². The van der Waals surface area contributed by atoms with Crippen LogP contribution in [0.15, 0.2) is 0 Å². The van der Waals surface area contributed by atoms with Gasteiger partial charge in [-0.2, -0.15) is 13.2 Å². The Bertz CT molecular complexity index is 186. The number of hydrogen-bond acceptors (Lipinski definition) is 1. The average Bonchev–Trinajstić information content (AvgIpc) is 2.68. The summed E-state index contributed by atoms with van der Waals surface area (Å²) in [4.78, 5) is 10.9. The number of nitrogens with one attached hydrogen (secondary N) is 1. The van der Waals surface area contributed by atoms with Gasteiger partial charge in [0, 0.05) is 18.9 Å². The van der Waals surface area contributed by atoms with Gasteiger partial charge in [-0.15, -0.1) is 0 Å². The second kappa shape index (κ2) is 3.98. The predicted molar refractivity (Wildman–Crippen MR) is 41.1 cm³/mol. The van der Waals surface area contributed by atoms with Crippen LogP contribution in [0.25, 0.3) is 0 Å². The normalized spacial score (nSPS) is 17.2. The van der Waals surface area contributed by atoms with Crippen molar-refractivity contribution >= 4 is 5.91 Å². The van der Waals surface area contributed by atoms with Crippen LogP contribution in [0.1, 0.15) is 32.1 Å². The zero-order valence-electron chi connectivity index (χ0n) is 7.16. The molecular formula is C8H12F3NO. The van der Waals surface area contributed by atoms with E-state index in [-0.39, 0.29) is 24.8 Å². The summed E-state index contributed by atoms with van der Waals surface area (Å²) in [6.07, 6.45) is -3.21. The molecule has 1 aliphatic rings. The molecule has 1 fully saturated rings. The fourth-order valence-corrected chi connectivity index (χ4v) is 0.977. The van der Waals surface area contributed by atoms with E-state index in [4.69, 9.17) is 0 Å². The Labute approximate surface area is 74.5 Å². The minimum atomic E-state index is -4.14. The molecular weight excluding hydrogens is 183 g/mol. The van der Waals surface area contributed by atoms with E-state index in [9.17, 15) is 18.0 Å². The molecule has 1 saturated carbocycles. The summed E-state index contributed by atoms with van der Waals surface area (Å²) in [6, 6.07) is 0.235. The van der Waals surface area contributed by atoms with Crippen LogP contribution in [0.2, 0.25) is 0 Å². The lowest BCUT2D eigenvalue weighted by atomic mass is 10.2. The molecule has 13 heavy (non-hydrogen) atoms. The molecule has 0 aromatic heterocycles. The Morgan fingerprint density at radius 2 is 2.00 bits per heavy atom. The van der Waals surface area contributed by atoms with Gasteiger partial charge in [-0.05, 0) is 19.3 Å². The topological polar surface area (TPSA) is 29.1 Å². The third-order valence-corrected chi connectivity index (χ3v) is 1.81. The van der Waals surface area contributed by atoms with Gasteiger partial charge in [0.15, 0.2) is 0 Å². The van der Waals surface area contributed by atoms with E-state index in [2.05, 4.69) is 5.32 Å². The standard InChI is InChI=1S/C8H12F3NO/c9-8(10,11)5-1-2-7(13)12-6-3-4-6/h6H,1-5H2,(H,12,13). The summed E-state index contributed by atoms with van der Waals surface area (Å²) in [7, 11) is 0. The van der Waals surface area contributed by atoms with Gasteiger partial charge in [-0.3, -0.25) is 4.79 Å². The van der Waals surface area contributed by atoms with Gasteiger partial charge in [0.05, 0.1) is 0 Å². The van der Waals surface area contributed by atoms with E-state index < -0.39 is 12.6 Å². The quantitative estimate of drug-likeness (QED) is 0.730. The van der Waals surface area contributed by atoms with Crippen LogP contribution in [-0.4, -0.2) is 18.1 Å². The third kappa shape index (κ3) is 5.49. The molecule has 2 nitrogen and oxygen atoms in total. The number of carbonyl (C=O) groups excluding carboxylic acids is 1. The minimum Gasteiger partial charge on any atom is -0.353 e. The molecule has 1 rings (SSSR count). The van der Waals surface area contributed by atoms with Crippen molar-refractivity contribution < 1.29 is 18.0 Å². The SMILES string of the molecule is O=C(CCCC(F)(F)F)NC1CC1. The third-order valence-electron chi connectivity index (χ3n) is 1.81.